The highest BCUT2D eigenvalue weighted by Crippen LogP contribution is 2.33. The number of aliphatic hydroxyl groups is 1. The second kappa shape index (κ2) is 6.70. The van der Waals surface area contributed by atoms with Crippen LogP contribution in [-0.2, 0) is 11.2 Å². The van der Waals surface area contributed by atoms with Crippen LogP contribution in [0.5, 0.6) is 0 Å². The molecule has 2 unspecified atom stereocenters. The van der Waals surface area contributed by atoms with Gasteiger partial charge in [-0.25, -0.2) is 0 Å². The summed E-state index contributed by atoms with van der Waals surface area (Å²) in [6.07, 6.45) is 1.62. The van der Waals surface area contributed by atoms with E-state index in [1.165, 1.54) is 11.1 Å². The molecule has 0 fully saturated rings. The monoisotopic (exact) mass is 277 g/mol. The van der Waals surface area contributed by atoms with Gasteiger partial charge in [-0.3, -0.25) is 0 Å². The largest absolute Gasteiger partial charge is 0.389 e. The molecule has 0 aliphatic carbocycles. The van der Waals surface area contributed by atoms with Crippen molar-refractivity contribution in [3.63, 3.8) is 0 Å². The zero-order chi connectivity index (χ0) is 14.6. The van der Waals surface area contributed by atoms with Gasteiger partial charge >= 0.3 is 0 Å². The van der Waals surface area contributed by atoms with Crippen molar-refractivity contribution in [2.75, 3.05) is 19.7 Å². The minimum absolute atomic E-state index is 0.01000. The highest BCUT2D eigenvalue weighted by Gasteiger charge is 2.29. The number of hydrogen-bond acceptors (Lipinski definition) is 3. The van der Waals surface area contributed by atoms with Crippen molar-refractivity contribution in [2.24, 2.45) is 5.92 Å². The van der Waals surface area contributed by atoms with Crippen LogP contribution in [0.2, 0.25) is 0 Å². The van der Waals surface area contributed by atoms with E-state index in [0.717, 1.165) is 19.6 Å². The van der Waals surface area contributed by atoms with Gasteiger partial charge in [0, 0.05) is 13.0 Å². The van der Waals surface area contributed by atoms with Crippen LogP contribution in [0.3, 0.4) is 0 Å². The summed E-state index contributed by atoms with van der Waals surface area (Å²) in [7, 11) is 0. The molecule has 0 spiro atoms. The van der Waals surface area contributed by atoms with Gasteiger partial charge in [-0.15, -0.1) is 0 Å². The van der Waals surface area contributed by atoms with Crippen LogP contribution in [-0.4, -0.2) is 30.4 Å². The van der Waals surface area contributed by atoms with Gasteiger partial charge in [0.15, 0.2) is 0 Å². The first-order valence-electron chi connectivity index (χ1n) is 7.60. The van der Waals surface area contributed by atoms with E-state index in [1.54, 1.807) is 0 Å². The molecule has 1 heterocycles. The molecule has 20 heavy (non-hydrogen) atoms. The second-order valence-electron chi connectivity index (χ2n) is 6.53. The van der Waals surface area contributed by atoms with E-state index in [2.05, 4.69) is 37.4 Å². The Balaban J connectivity index is 1.96. The van der Waals surface area contributed by atoms with Crippen LogP contribution >= 0.6 is 0 Å². The van der Waals surface area contributed by atoms with E-state index in [-0.39, 0.29) is 6.10 Å². The van der Waals surface area contributed by atoms with E-state index in [0.29, 0.717) is 18.9 Å². The lowest BCUT2D eigenvalue weighted by molar-refractivity contribution is -0.0359. The van der Waals surface area contributed by atoms with Crippen LogP contribution in [0, 0.1) is 5.92 Å². The van der Waals surface area contributed by atoms with Gasteiger partial charge < -0.3 is 15.2 Å². The maximum absolute atomic E-state index is 10.6. The van der Waals surface area contributed by atoms with Crippen molar-refractivity contribution >= 4 is 0 Å². The van der Waals surface area contributed by atoms with Gasteiger partial charge in [-0.1, -0.05) is 38.1 Å². The summed E-state index contributed by atoms with van der Waals surface area (Å²) in [5.41, 5.74) is 1.85. The lowest BCUT2D eigenvalue weighted by Crippen LogP contribution is -2.41. The summed E-state index contributed by atoms with van der Waals surface area (Å²) < 4.78 is 5.88. The summed E-state index contributed by atoms with van der Waals surface area (Å²) in [6, 6.07) is 8.41. The molecular weight excluding hydrogens is 250 g/mol. The molecule has 0 aromatic heterocycles. The van der Waals surface area contributed by atoms with Crippen molar-refractivity contribution < 1.29 is 9.84 Å². The predicted octanol–water partition coefficient (Wildman–Crippen LogP) is 2.69. The Morgan fingerprint density at radius 1 is 1.40 bits per heavy atom. The summed E-state index contributed by atoms with van der Waals surface area (Å²) in [5, 5.41) is 13.9. The molecule has 0 saturated carbocycles. The predicted molar refractivity (Wildman–Crippen MR) is 81.8 cm³/mol. The minimum atomic E-state index is -0.746. The topological polar surface area (TPSA) is 41.5 Å². The van der Waals surface area contributed by atoms with Gasteiger partial charge in [0.05, 0.1) is 18.3 Å². The number of benzene rings is 1. The molecule has 3 heteroatoms. The first kappa shape index (κ1) is 15.5. The summed E-state index contributed by atoms with van der Waals surface area (Å²) >= 11 is 0. The third-order valence-corrected chi connectivity index (χ3v) is 3.78. The fourth-order valence-corrected chi connectivity index (χ4v) is 2.75. The molecule has 0 bridgehead atoms. The fourth-order valence-electron chi connectivity index (χ4n) is 2.75. The summed E-state index contributed by atoms with van der Waals surface area (Å²) in [6.45, 7) is 8.51. The lowest BCUT2D eigenvalue weighted by Gasteiger charge is -2.32. The van der Waals surface area contributed by atoms with Crippen LogP contribution < -0.4 is 5.32 Å². The molecule has 1 aromatic rings. The van der Waals surface area contributed by atoms with Gasteiger partial charge in [0.25, 0.3) is 0 Å². The molecule has 0 saturated heterocycles. The van der Waals surface area contributed by atoms with Gasteiger partial charge in [-0.2, -0.15) is 0 Å². The summed E-state index contributed by atoms with van der Waals surface area (Å²) in [4.78, 5) is 0. The Morgan fingerprint density at radius 2 is 2.15 bits per heavy atom. The second-order valence-corrected chi connectivity index (χ2v) is 6.53. The van der Waals surface area contributed by atoms with Gasteiger partial charge in [0.1, 0.15) is 0 Å². The van der Waals surface area contributed by atoms with Crippen molar-refractivity contribution in [3.8, 4) is 0 Å². The van der Waals surface area contributed by atoms with Crippen LogP contribution in [0.25, 0.3) is 0 Å². The molecule has 2 N–H and O–H groups in total. The molecule has 3 nitrogen and oxygen atoms in total. The SMILES string of the molecule is CC(C)CNCC(C)(O)CC1OCCc2ccccc21. The molecule has 1 aliphatic rings. The number of fused-ring (bicyclic) bond motifs is 1. The van der Waals surface area contributed by atoms with E-state index in [4.69, 9.17) is 4.74 Å². The molecule has 0 amide bonds. The van der Waals surface area contributed by atoms with E-state index in [9.17, 15) is 5.11 Å². The Morgan fingerprint density at radius 3 is 2.90 bits per heavy atom. The number of hydrogen-bond donors (Lipinski definition) is 2. The normalized spacial score (nSPS) is 21.6. The van der Waals surface area contributed by atoms with Crippen molar-refractivity contribution in [1.29, 1.82) is 0 Å². The highest BCUT2D eigenvalue weighted by molar-refractivity contribution is 5.31. The number of rotatable bonds is 6. The standard InChI is InChI=1S/C17H27NO2/c1-13(2)11-18-12-17(3,19)10-16-15-7-5-4-6-14(15)8-9-20-16/h4-7,13,16,18-19H,8-12H2,1-3H3. The molecule has 112 valence electrons. The average molecular weight is 277 g/mol. The van der Waals surface area contributed by atoms with Crippen LogP contribution in [0.1, 0.15) is 44.4 Å². The van der Waals surface area contributed by atoms with E-state index >= 15 is 0 Å². The van der Waals surface area contributed by atoms with Crippen molar-refractivity contribution in [1.82, 2.24) is 5.32 Å². The molecule has 2 atom stereocenters. The minimum Gasteiger partial charge on any atom is -0.389 e. The molecule has 0 radical (unpaired) electrons. The Hall–Kier alpha value is -0.900. The smallest absolute Gasteiger partial charge is 0.0855 e. The summed E-state index contributed by atoms with van der Waals surface area (Å²) in [5.74, 6) is 0.595. The zero-order valence-electron chi connectivity index (χ0n) is 12.9. The first-order valence-corrected chi connectivity index (χ1v) is 7.60. The van der Waals surface area contributed by atoms with Gasteiger partial charge in [0.2, 0.25) is 0 Å². The van der Waals surface area contributed by atoms with E-state index < -0.39 is 5.60 Å². The number of nitrogens with one attached hydrogen (secondary N) is 1. The van der Waals surface area contributed by atoms with Crippen LogP contribution in [0.4, 0.5) is 0 Å². The van der Waals surface area contributed by atoms with E-state index in [1.807, 2.05) is 13.0 Å². The Labute approximate surface area is 122 Å². The van der Waals surface area contributed by atoms with Gasteiger partial charge in [-0.05, 0) is 36.9 Å². The quantitative estimate of drug-likeness (QED) is 0.840. The van der Waals surface area contributed by atoms with Crippen molar-refractivity contribution in [3.05, 3.63) is 35.4 Å². The van der Waals surface area contributed by atoms with Crippen molar-refractivity contribution in [2.45, 2.75) is 45.3 Å². The Kier molecular flexibility index (Phi) is 5.19. The third kappa shape index (κ3) is 4.30. The molecule has 1 aliphatic heterocycles. The highest BCUT2D eigenvalue weighted by atomic mass is 16.5. The molecule has 1 aromatic carbocycles. The fraction of sp³-hybridized carbons (Fsp3) is 0.647. The number of ether oxygens (including phenoxy) is 1. The Bertz CT molecular complexity index is 429. The lowest BCUT2D eigenvalue weighted by atomic mass is 9.89. The molecule has 2 rings (SSSR count). The first-order chi connectivity index (χ1) is 9.48. The zero-order valence-corrected chi connectivity index (χ0v) is 12.9. The third-order valence-electron chi connectivity index (χ3n) is 3.78. The molecular formula is C17H27NO2. The van der Waals surface area contributed by atoms with Crippen LogP contribution in [0.15, 0.2) is 24.3 Å². The maximum Gasteiger partial charge on any atom is 0.0855 e. The maximum atomic E-state index is 10.6. The average Bonchev–Trinajstić information content (AvgIpc) is 2.38.